The molecule has 11 heavy (non-hydrogen) atoms. The number of allylic oxidation sites excluding steroid dienone is 1. The second-order valence-corrected chi connectivity index (χ2v) is 1.56. The third-order valence-electron chi connectivity index (χ3n) is 0.982. The Morgan fingerprint density at radius 3 is 2.18 bits per heavy atom. The van der Waals surface area contributed by atoms with Crippen molar-refractivity contribution in [3.05, 3.63) is 18.3 Å². The molecule has 61 valence electrons. The molecular weight excluding hydrogens is 221 g/mol. The van der Waals surface area contributed by atoms with Gasteiger partial charge in [-0.2, -0.15) is 6.42 Å². The second-order valence-electron chi connectivity index (χ2n) is 1.56. The quantitative estimate of drug-likeness (QED) is 0.314. The zero-order valence-electron chi connectivity index (χ0n) is 6.96. The van der Waals surface area contributed by atoms with Crippen LogP contribution in [0.2, 0.25) is 0 Å². The molecule has 0 aromatic carbocycles. The molecule has 0 aromatic heterocycles. The fraction of sp³-hybridized carbons (Fsp3) is 0.429. The van der Waals surface area contributed by atoms with Crippen LogP contribution in [0.3, 0.4) is 0 Å². The number of ether oxygens (including phenoxy) is 2. The average Bonchev–Trinajstić information content (AvgIpc) is 1.99. The molecular formula is C7H11O3Y-. The predicted molar refractivity (Wildman–Crippen MR) is 37.1 cm³/mol. The number of methoxy groups -OCH3 is 2. The number of carbonyl (C=O) groups is 1. The van der Waals surface area contributed by atoms with Crippen molar-refractivity contribution in [3.63, 3.8) is 0 Å². The van der Waals surface area contributed by atoms with Crippen LogP contribution in [0.5, 0.6) is 0 Å². The Morgan fingerprint density at radius 2 is 1.91 bits per heavy atom. The van der Waals surface area contributed by atoms with Crippen molar-refractivity contribution in [3.8, 4) is 0 Å². The van der Waals surface area contributed by atoms with Crippen LogP contribution >= 0.6 is 0 Å². The summed E-state index contributed by atoms with van der Waals surface area (Å²) >= 11 is 0. The van der Waals surface area contributed by atoms with Crippen molar-refractivity contribution < 1.29 is 47.0 Å². The van der Waals surface area contributed by atoms with E-state index in [0.717, 1.165) is 0 Å². The van der Waals surface area contributed by atoms with E-state index in [9.17, 15) is 4.79 Å². The monoisotopic (exact) mass is 232 g/mol. The molecule has 0 atom stereocenters. The first-order valence-electron chi connectivity index (χ1n) is 2.87. The van der Waals surface area contributed by atoms with Gasteiger partial charge in [-0.05, 0) is 5.76 Å². The Hall–Kier alpha value is -0.0161. The van der Waals surface area contributed by atoms with Gasteiger partial charge in [0.1, 0.15) is 0 Å². The topological polar surface area (TPSA) is 35.5 Å². The number of rotatable bonds is 3. The van der Waals surface area contributed by atoms with Gasteiger partial charge >= 0.3 is 0 Å². The van der Waals surface area contributed by atoms with Crippen LogP contribution in [0, 0.1) is 6.42 Å². The summed E-state index contributed by atoms with van der Waals surface area (Å²) < 4.78 is 9.15. The maximum Gasteiger partial charge on any atom is 0.250 e. The Morgan fingerprint density at radius 1 is 1.36 bits per heavy atom. The first-order valence-corrected chi connectivity index (χ1v) is 2.87. The van der Waals surface area contributed by atoms with Crippen molar-refractivity contribution in [2.45, 2.75) is 6.92 Å². The van der Waals surface area contributed by atoms with E-state index < -0.39 is 5.97 Å². The van der Waals surface area contributed by atoms with Gasteiger partial charge < -0.3 is 9.47 Å². The third kappa shape index (κ3) is 6.38. The summed E-state index contributed by atoms with van der Waals surface area (Å²) in [6, 6.07) is 0. The van der Waals surface area contributed by atoms with Gasteiger partial charge in [0.2, 0.25) is 0 Å². The smallest absolute Gasteiger partial charge is 0.250 e. The molecule has 0 heterocycles. The summed E-state index contributed by atoms with van der Waals surface area (Å²) in [5.41, 5.74) is 0. The van der Waals surface area contributed by atoms with E-state index in [-0.39, 0.29) is 32.7 Å². The minimum atomic E-state index is -0.407. The van der Waals surface area contributed by atoms with Gasteiger partial charge in [0, 0.05) is 32.7 Å². The molecule has 0 aliphatic carbocycles. The molecule has 0 fully saturated rings. The Balaban J connectivity index is 0. The molecule has 0 aliphatic heterocycles. The van der Waals surface area contributed by atoms with Gasteiger partial charge in [0.05, 0.1) is 14.2 Å². The van der Waals surface area contributed by atoms with E-state index >= 15 is 0 Å². The zero-order valence-corrected chi connectivity index (χ0v) is 9.80. The molecule has 0 bridgehead atoms. The Labute approximate surface area is 92.0 Å². The Bertz CT molecular complexity index is 137. The number of esters is 1. The van der Waals surface area contributed by atoms with E-state index in [1.807, 2.05) is 0 Å². The third-order valence-corrected chi connectivity index (χ3v) is 0.982. The van der Waals surface area contributed by atoms with E-state index in [0.29, 0.717) is 5.76 Å². The molecule has 0 saturated carbocycles. The van der Waals surface area contributed by atoms with Crippen LogP contribution in [0.4, 0.5) is 0 Å². The minimum Gasteiger partial charge on any atom is -0.534 e. The van der Waals surface area contributed by atoms with Gasteiger partial charge in [0.25, 0.3) is 5.97 Å². The normalized spacial score (nSPS) is 9.55. The second kappa shape index (κ2) is 8.08. The van der Waals surface area contributed by atoms with E-state index in [1.165, 1.54) is 20.3 Å². The van der Waals surface area contributed by atoms with Crippen molar-refractivity contribution >= 4 is 5.97 Å². The minimum absolute atomic E-state index is 0. The van der Waals surface area contributed by atoms with Gasteiger partial charge in [-0.1, -0.05) is 6.08 Å². The van der Waals surface area contributed by atoms with E-state index in [4.69, 9.17) is 4.74 Å². The van der Waals surface area contributed by atoms with Crippen LogP contribution in [0.25, 0.3) is 0 Å². The number of carbonyl (C=O) groups excluding carboxylic acids is 1. The predicted octanol–water partition coefficient (Wildman–Crippen LogP) is 0.911. The standard InChI is InChI=1S/C7H11O3.Y/c1-4-6(9-2)5-7(8)10-3;/h4-5H,1-3H3;/q-1;/b6-5+;. The molecule has 0 unspecified atom stereocenters. The first kappa shape index (κ1) is 13.6. The summed E-state index contributed by atoms with van der Waals surface area (Å²) in [6.45, 7) is 1.78. The molecule has 0 aromatic rings. The van der Waals surface area contributed by atoms with E-state index in [1.54, 1.807) is 13.3 Å². The van der Waals surface area contributed by atoms with Crippen LogP contribution in [0.1, 0.15) is 6.92 Å². The van der Waals surface area contributed by atoms with E-state index in [2.05, 4.69) is 4.74 Å². The molecule has 0 saturated heterocycles. The molecule has 4 heteroatoms. The summed E-state index contributed by atoms with van der Waals surface area (Å²) in [5.74, 6) is 0.0989. The summed E-state index contributed by atoms with van der Waals surface area (Å²) in [7, 11) is 2.82. The number of hydrogen-bond donors (Lipinski definition) is 0. The van der Waals surface area contributed by atoms with Crippen LogP contribution in [0.15, 0.2) is 11.8 Å². The zero-order chi connectivity index (χ0) is 7.98. The molecule has 1 radical (unpaired) electrons. The van der Waals surface area contributed by atoms with Gasteiger partial charge in [-0.25, -0.2) is 0 Å². The summed E-state index contributed by atoms with van der Waals surface area (Å²) in [6.07, 6.45) is 2.96. The molecule has 3 nitrogen and oxygen atoms in total. The fourth-order valence-corrected chi connectivity index (χ4v) is 0.435. The SMILES string of the molecule is C[CH-]/C(=C\C(=O)OC)OC.[Y]. The van der Waals surface area contributed by atoms with Crippen molar-refractivity contribution in [1.82, 2.24) is 0 Å². The van der Waals surface area contributed by atoms with Gasteiger partial charge in [-0.3, -0.25) is 4.79 Å². The van der Waals surface area contributed by atoms with Crippen LogP contribution in [-0.2, 0) is 47.0 Å². The Kier molecular flexibility index (Phi) is 9.97. The first-order chi connectivity index (χ1) is 4.74. The molecule has 0 N–H and O–H groups in total. The van der Waals surface area contributed by atoms with Gasteiger partial charge in [-0.15, -0.1) is 6.92 Å². The molecule has 0 spiro atoms. The molecule has 0 aliphatic rings. The van der Waals surface area contributed by atoms with Crippen molar-refractivity contribution in [2.75, 3.05) is 14.2 Å². The van der Waals surface area contributed by atoms with Crippen LogP contribution in [-0.4, -0.2) is 20.2 Å². The van der Waals surface area contributed by atoms with Crippen LogP contribution < -0.4 is 0 Å². The maximum absolute atomic E-state index is 10.5. The average molecular weight is 232 g/mol. The van der Waals surface area contributed by atoms with Crippen molar-refractivity contribution in [2.24, 2.45) is 0 Å². The van der Waals surface area contributed by atoms with Crippen molar-refractivity contribution in [1.29, 1.82) is 0 Å². The maximum atomic E-state index is 10.5. The summed E-state index contributed by atoms with van der Waals surface area (Å²) in [5, 5.41) is 0. The number of hydrogen-bond acceptors (Lipinski definition) is 3. The summed E-state index contributed by atoms with van der Waals surface area (Å²) in [4.78, 5) is 10.5. The molecule has 0 amide bonds. The fourth-order valence-electron chi connectivity index (χ4n) is 0.435. The largest absolute Gasteiger partial charge is 0.534 e. The van der Waals surface area contributed by atoms with Gasteiger partial charge in [0.15, 0.2) is 0 Å². The molecule has 0 rings (SSSR count).